The number of anilines is 2. The average Bonchev–Trinajstić information content (AvgIpc) is 2.08. The summed E-state index contributed by atoms with van der Waals surface area (Å²) >= 11 is 0. The summed E-state index contributed by atoms with van der Waals surface area (Å²) in [4.78, 5) is 3.87. The molecular formula is C8H12N4. The van der Waals surface area contributed by atoms with Crippen LogP contribution < -0.4 is 17.2 Å². The van der Waals surface area contributed by atoms with Gasteiger partial charge in [-0.3, -0.25) is 0 Å². The van der Waals surface area contributed by atoms with E-state index in [2.05, 4.69) is 11.6 Å². The summed E-state index contributed by atoms with van der Waals surface area (Å²) in [6.07, 6.45) is 3.21. The number of aromatic nitrogens is 1. The van der Waals surface area contributed by atoms with Crippen molar-refractivity contribution < 1.29 is 0 Å². The van der Waals surface area contributed by atoms with Crippen molar-refractivity contribution in [2.45, 2.75) is 6.04 Å². The van der Waals surface area contributed by atoms with Crippen molar-refractivity contribution in [2.24, 2.45) is 5.73 Å². The molecule has 64 valence electrons. The first-order chi connectivity index (χ1) is 5.65. The van der Waals surface area contributed by atoms with Crippen LogP contribution >= 0.6 is 0 Å². The zero-order chi connectivity index (χ0) is 9.14. The van der Waals surface area contributed by atoms with Crippen molar-refractivity contribution in [3.05, 3.63) is 30.5 Å². The van der Waals surface area contributed by atoms with E-state index in [4.69, 9.17) is 17.2 Å². The summed E-state index contributed by atoms with van der Waals surface area (Å²) in [5.41, 5.74) is 17.9. The molecule has 0 aliphatic rings. The minimum atomic E-state index is -0.236. The molecule has 0 aliphatic heterocycles. The second kappa shape index (κ2) is 3.23. The number of nitrogens with zero attached hydrogens (tertiary/aromatic N) is 1. The lowest BCUT2D eigenvalue weighted by Gasteiger charge is -2.07. The normalized spacial score (nSPS) is 12.4. The quantitative estimate of drug-likeness (QED) is 0.553. The Balaban J connectivity index is 3.04. The molecule has 0 radical (unpaired) electrons. The number of hydrogen-bond acceptors (Lipinski definition) is 4. The van der Waals surface area contributed by atoms with Crippen LogP contribution in [-0.4, -0.2) is 4.98 Å². The molecule has 0 unspecified atom stereocenters. The Labute approximate surface area is 71.1 Å². The largest absolute Gasteiger partial charge is 0.396 e. The van der Waals surface area contributed by atoms with Gasteiger partial charge in [-0.15, -0.1) is 6.58 Å². The maximum Gasteiger partial charge on any atom is 0.146 e. The summed E-state index contributed by atoms with van der Waals surface area (Å²) in [5, 5.41) is 0. The number of nitrogen functional groups attached to an aromatic ring is 2. The molecule has 12 heavy (non-hydrogen) atoms. The minimum absolute atomic E-state index is 0.236. The molecule has 0 aromatic carbocycles. The van der Waals surface area contributed by atoms with Gasteiger partial charge in [0.15, 0.2) is 0 Å². The van der Waals surface area contributed by atoms with Gasteiger partial charge in [-0.05, 0) is 11.6 Å². The number of rotatable bonds is 2. The van der Waals surface area contributed by atoms with Crippen molar-refractivity contribution in [3.63, 3.8) is 0 Å². The van der Waals surface area contributed by atoms with E-state index in [1.807, 2.05) is 0 Å². The van der Waals surface area contributed by atoms with Crippen molar-refractivity contribution in [2.75, 3.05) is 11.5 Å². The Morgan fingerprint density at radius 3 is 2.67 bits per heavy atom. The molecule has 0 amide bonds. The van der Waals surface area contributed by atoms with Gasteiger partial charge in [-0.25, -0.2) is 4.98 Å². The number of nitrogens with two attached hydrogens (primary N) is 3. The van der Waals surface area contributed by atoms with E-state index in [0.29, 0.717) is 11.5 Å². The third-order valence-electron chi connectivity index (χ3n) is 1.61. The van der Waals surface area contributed by atoms with Crippen LogP contribution in [0.5, 0.6) is 0 Å². The highest BCUT2D eigenvalue weighted by Gasteiger charge is 2.03. The molecule has 1 atom stereocenters. The van der Waals surface area contributed by atoms with Crippen LogP contribution in [0.2, 0.25) is 0 Å². The highest BCUT2D eigenvalue weighted by Crippen LogP contribution is 2.17. The van der Waals surface area contributed by atoms with E-state index < -0.39 is 0 Å². The van der Waals surface area contributed by atoms with E-state index in [-0.39, 0.29) is 6.04 Å². The maximum atomic E-state index is 5.66. The molecule has 4 nitrogen and oxygen atoms in total. The van der Waals surface area contributed by atoms with Crippen LogP contribution in [-0.2, 0) is 0 Å². The Hall–Kier alpha value is -1.55. The van der Waals surface area contributed by atoms with Crippen molar-refractivity contribution in [1.29, 1.82) is 0 Å². The van der Waals surface area contributed by atoms with E-state index in [1.165, 1.54) is 0 Å². The second-order valence-corrected chi connectivity index (χ2v) is 2.50. The number of pyridine rings is 1. The third kappa shape index (κ3) is 1.54. The van der Waals surface area contributed by atoms with Crippen LogP contribution in [0.15, 0.2) is 24.9 Å². The first-order valence-electron chi connectivity index (χ1n) is 3.54. The molecule has 1 rings (SSSR count). The lowest BCUT2D eigenvalue weighted by atomic mass is 10.1. The molecule has 1 aromatic rings. The number of hydrogen-bond donors (Lipinski definition) is 3. The first-order valence-corrected chi connectivity index (χ1v) is 3.54. The summed E-state index contributed by atoms with van der Waals surface area (Å²) < 4.78 is 0. The molecule has 0 spiro atoms. The average molecular weight is 164 g/mol. The van der Waals surface area contributed by atoms with Crippen LogP contribution in [0.25, 0.3) is 0 Å². The van der Waals surface area contributed by atoms with Gasteiger partial charge in [0.25, 0.3) is 0 Å². The zero-order valence-corrected chi connectivity index (χ0v) is 6.70. The van der Waals surface area contributed by atoms with Gasteiger partial charge in [0.1, 0.15) is 5.82 Å². The van der Waals surface area contributed by atoms with Gasteiger partial charge in [-0.1, -0.05) is 6.08 Å². The summed E-state index contributed by atoms with van der Waals surface area (Å²) in [6, 6.07) is 1.47. The van der Waals surface area contributed by atoms with Gasteiger partial charge >= 0.3 is 0 Å². The van der Waals surface area contributed by atoms with Gasteiger partial charge in [0.05, 0.1) is 5.69 Å². The smallest absolute Gasteiger partial charge is 0.146 e. The Morgan fingerprint density at radius 2 is 2.17 bits per heavy atom. The zero-order valence-electron chi connectivity index (χ0n) is 6.70. The van der Waals surface area contributed by atoms with E-state index in [9.17, 15) is 0 Å². The minimum Gasteiger partial charge on any atom is -0.396 e. The van der Waals surface area contributed by atoms with Gasteiger partial charge in [0.2, 0.25) is 0 Å². The van der Waals surface area contributed by atoms with Crippen LogP contribution in [0, 0.1) is 0 Å². The van der Waals surface area contributed by atoms with E-state index >= 15 is 0 Å². The van der Waals surface area contributed by atoms with E-state index in [1.54, 1.807) is 18.3 Å². The molecule has 1 aromatic heterocycles. The van der Waals surface area contributed by atoms with Crippen molar-refractivity contribution in [1.82, 2.24) is 4.98 Å². The fraction of sp³-hybridized carbons (Fsp3) is 0.125. The molecule has 0 saturated carbocycles. The summed E-state index contributed by atoms with van der Waals surface area (Å²) in [5.74, 6) is 0.329. The SMILES string of the molecule is C=C[C@@H](N)c1cnc(N)c(N)c1. The Bertz CT molecular complexity index is 295. The van der Waals surface area contributed by atoms with Crippen LogP contribution in [0.3, 0.4) is 0 Å². The second-order valence-electron chi connectivity index (χ2n) is 2.50. The van der Waals surface area contributed by atoms with Crippen molar-refractivity contribution >= 4 is 11.5 Å². The predicted octanol–water partition coefficient (Wildman–Crippen LogP) is 0.432. The standard InChI is InChI=1S/C8H12N4/c1-2-6(9)5-3-7(10)8(11)12-4-5/h2-4,6H,1,9-10H2,(H2,11,12)/t6-/m1/s1. The van der Waals surface area contributed by atoms with E-state index in [0.717, 1.165) is 5.56 Å². The first kappa shape index (κ1) is 8.55. The maximum absolute atomic E-state index is 5.66. The van der Waals surface area contributed by atoms with Crippen molar-refractivity contribution in [3.8, 4) is 0 Å². The predicted molar refractivity (Wildman–Crippen MR) is 50.2 cm³/mol. The molecule has 0 bridgehead atoms. The highest BCUT2D eigenvalue weighted by molar-refractivity contribution is 5.59. The lowest BCUT2D eigenvalue weighted by Crippen LogP contribution is -2.08. The topological polar surface area (TPSA) is 90.9 Å². The fourth-order valence-corrected chi connectivity index (χ4v) is 0.828. The molecular weight excluding hydrogens is 152 g/mol. The highest BCUT2D eigenvalue weighted by atomic mass is 14.9. The molecule has 0 aliphatic carbocycles. The molecule has 4 heteroatoms. The fourth-order valence-electron chi connectivity index (χ4n) is 0.828. The van der Waals surface area contributed by atoms with Crippen LogP contribution in [0.4, 0.5) is 11.5 Å². The summed E-state index contributed by atoms with van der Waals surface area (Å²) in [6.45, 7) is 3.56. The molecule has 1 heterocycles. The molecule has 0 fully saturated rings. The van der Waals surface area contributed by atoms with Gasteiger partial charge < -0.3 is 17.2 Å². The third-order valence-corrected chi connectivity index (χ3v) is 1.61. The monoisotopic (exact) mass is 164 g/mol. The molecule has 6 N–H and O–H groups in total. The van der Waals surface area contributed by atoms with Crippen LogP contribution in [0.1, 0.15) is 11.6 Å². The summed E-state index contributed by atoms with van der Waals surface area (Å²) in [7, 11) is 0. The lowest BCUT2D eigenvalue weighted by molar-refractivity contribution is 0.906. The van der Waals surface area contributed by atoms with Gasteiger partial charge in [-0.2, -0.15) is 0 Å². The Morgan fingerprint density at radius 1 is 1.50 bits per heavy atom. The molecule has 0 saturated heterocycles. The Kier molecular flexibility index (Phi) is 2.30. The van der Waals surface area contributed by atoms with Gasteiger partial charge in [0, 0.05) is 12.2 Å².